The summed E-state index contributed by atoms with van der Waals surface area (Å²) in [5.74, 6) is 2.96. The Labute approximate surface area is 244 Å². The largest absolute Gasteiger partial charge is 0.294 e. The summed E-state index contributed by atoms with van der Waals surface area (Å²) in [6.07, 6.45) is 0. The summed E-state index contributed by atoms with van der Waals surface area (Å²) in [6.45, 7) is 4.48. The van der Waals surface area contributed by atoms with E-state index in [4.69, 9.17) is 19.9 Å². The maximum absolute atomic E-state index is 5.11. The summed E-state index contributed by atoms with van der Waals surface area (Å²) in [4.78, 5) is 20.2. The van der Waals surface area contributed by atoms with E-state index in [1.54, 1.807) is 0 Å². The maximum Gasteiger partial charge on any atom is 0.166 e. The van der Waals surface area contributed by atoms with Crippen molar-refractivity contribution in [3.8, 4) is 51.0 Å². The lowest BCUT2D eigenvalue weighted by Gasteiger charge is -2.18. The van der Waals surface area contributed by atoms with Gasteiger partial charge in [-0.25, -0.2) is 19.9 Å². The van der Waals surface area contributed by atoms with Crippen molar-refractivity contribution in [1.29, 1.82) is 0 Å². The minimum Gasteiger partial charge on any atom is -0.294 e. The van der Waals surface area contributed by atoms with Crippen LogP contribution in [0, 0.1) is 0 Å². The molecule has 1 aliphatic heterocycles. The number of hydrogen-bond acceptors (Lipinski definition) is 4. The molecule has 0 atom stereocenters. The molecule has 0 N–H and O–H groups in total. The van der Waals surface area contributed by atoms with E-state index in [9.17, 15) is 0 Å². The van der Waals surface area contributed by atoms with Gasteiger partial charge >= 0.3 is 0 Å². The van der Waals surface area contributed by atoms with Gasteiger partial charge in [-0.3, -0.25) is 4.57 Å². The second-order valence-corrected chi connectivity index (χ2v) is 11.2. The zero-order valence-corrected chi connectivity index (χ0v) is 23.4. The summed E-state index contributed by atoms with van der Waals surface area (Å²) >= 11 is 0. The van der Waals surface area contributed by atoms with Gasteiger partial charge < -0.3 is 0 Å². The molecule has 0 spiro atoms. The zero-order chi connectivity index (χ0) is 28.3. The molecule has 0 unspecified atom stereocenters. The standard InChI is InChI=1S/C37H27N5/c1-37(2)29-17-11-16-28(32(29)42-31-19-10-9-18-30(31)38-36(37)42)35-40-33(26-14-7-4-8-15-26)39-34(41-35)27-22-20-25(21-23-27)24-12-5-3-6-13-24/h3-23H,1-2H3. The van der Waals surface area contributed by atoms with Crippen LogP contribution in [0.2, 0.25) is 0 Å². The van der Waals surface area contributed by atoms with Gasteiger partial charge in [0.25, 0.3) is 0 Å². The normalized spacial score (nSPS) is 13.2. The molecule has 5 heteroatoms. The van der Waals surface area contributed by atoms with Gasteiger partial charge in [0.15, 0.2) is 17.5 Å². The molecular weight excluding hydrogens is 514 g/mol. The number of rotatable bonds is 4. The van der Waals surface area contributed by atoms with Crippen molar-refractivity contribution in [2.75, 3.05) is 0 Å². The third kappa shape index (κ3) is 3.78. The van der Waals surface area contributed by atoms with Crippen LogP contribution in [0.5, 0.6) is 0 Å². The predicted octanol–water partition coefficient (Wildman–Crippen LogP) is 8.52. The Morgan fingerprint density at radius 1 is 0.476 bits per heavy atom. The highest BCUT2D eigenvalue weighted by molar-refractivity contribution is 5.86. The number of benzene rings is 5. The molecule has 42 heavy (non-hydrogen) atoms. The van der Waals surface area contributed by atoms with Gasteiger partial charge in [0.2, 0.25) is 0 Å². The van der Waals surface area contributed by atoms with Crippen LogP contribution in [0.3, 0.4) is 0 Å². The molecule has 0 bridgehead atoms. The average Bonchev–Trinajstić information content (AvgIpc) is 3.55. The molecule has 0 fully saturated rings. The molecule has 0 amide bonds. The van der Waals surface area contributed by atoms with Gasteiger partial charge in [-0.1, -0.05) is 109 Å². The lowest BCUT2D eigenvalue weighted by Crippen LogP contribution is -2.16. The van der Waals surface area contributed by atoms with Crippen LogP contribution in [0.1, 0.15) is 25.2 Å². The Kier molecular flexibility index (Phi) is 5.41. The summed E-state index contributed by atoms with van der Waals surface area (Å²) < 4.78 is 2.29. The van der Waals surface area contributed by atoms with Crippen molar-refractivity contribution in [2.45, 2.75) is 19.3 Å². The van der Waals surface area contributed by atoms with Gasteiger partial charge in [-0.05, 0) is 48.7 Å². The van der Waals surface area contributed by atoms with Crippen LogP contribution in [0.25, 0.3) is 62.0 Å². The molecule has 0 radical (unpaired) electrons. The Balaban J connectivity index is 1.34. The van der Waals surface area contributed by atoms with E-state index in [1.165, 1.54) is 11.1 Å². The van der Waals surface area contributed by atoms with E-state index in [0.717, 1.165) is 44.8 Å². The van der Waals surface area contributed by atoms with E-state index < -0.39 is 0 Å². The second-order valence-electron chi connectivity index (χ2n) is 11.2. The molecule has 0 saturated heterocycles. The SMILES string of the molecule is CC1(C)c2cccc(-c3nc(-c4ccccc4)nc(-c4ccc(-c5ccccc5)cc4)n3)c2-n2c1nc1ccccc12. The fourth-order valence-corrected chi connectivity index (χ4v) is 6.05. The van der Waals surface area contributed by atoms with Crippen molar-refractivity contribution in [1.82, 2.24) is 24.5 Å². The quantitative estimate of drug-likeness (QED) is 0.224. The molecule has 200 valence electrons. The lowest BCUT2D eigenvalue weighted by atomic mass is 9.84. The van der Waals surface area contributed by atoms with Crippen LogP contribution in [0.15, 0.2) is 127 Å². The van der Waals surface area contributed by atoms with E-state index in [2.05, 4.69) is 103 Å². The summed E-state index contributed by atoms with van der Waals surface area (Å²) in [6, 6.07) is 43.7. The summed E-state index contributed by atoms with van der Waals surface area (Å²) in [5, 5.41) is 0. The average molecular weight is 542 g/mol. The van der Waals surface area contributed by atoms with Crippen LogP contribution in [0.4, 0.5) is 0 Å². The topological polar surface area (TPSA) is 56.5 Å². The zero-order valence-electron chi connectivity index (χ0n) is 23.4. The third-order valence-corrected chi connectivity index (χ3v) is 8.21. The first-order chi connectivity index (χ1) is 20.6. The van der Waals surface area contributed by atoms with Crippen LogP contribution < -0.4 is 0 Å². The number of hydrogen-bond donors (Lipinski definition) is 0. The predicted molar refractivity (Wildman–Crippen MR) is 168 cm³/mol. The smallest absolute Gasteiger partial charge is 0.166 e. The molecular formula is C37H27N5. The Morgan fingerprint density at radius 2 is 1.02 bits per heavy atom. The molecule has 0 aliphatic carbocycles. The Bertz CT molecular complexity index is 2090. The molecule has 3 heterocycles. The number of imidazole rings is 1. The van der Waals surface area contributed by atoms with Crippen molar-refractivity contribution < 1.29 is 0 Å². The van der Waals surface area contributed by atoms with Crippen molar-refractivity contribution >= 4 is 11.0 Å². The second kappa shape index (κ2) is 9.32. The third-order valence-electron chi connectivity index (χ3n) is 8.21. The number of para-hydroxylation sites is 3. The Hall–Kier alpha value is -5.42. The highest BCUT2D eigenvalue weighted by Crippen LogP contribution is 2.47. The van der Waals surface area contributed by atoms with Crippen LogP contribution in [-0.4, -0.2) is 24.5 Å². The molecule has 1 aliphatic rings. The van der Waals surface area contributed by atoms with Crippen molar-refractivity contribution in [3.05, 3.63) is 139 Å². The Morgan fingerprint density at radius 3 is 1.74 bits per heavy atom. The summed E-state index contributed by atoms with van der Waals surface area (Å²) in [5.41, 5.74) is 9.28. The first-order valence-corrected chi connectivity index (χ1v) is 14.2. The van der Waals surface area contributed by atoms with Crippen LogP contribution in [-0.2, 0) is 5.41 Å². The van der Waals surface area contributed by atoms with Crippen molar-refractivity contribution in [2.24, 2.45) is 0 Å². The monoisotopic (exact) mass is 541 g/mol. The van der Waals surface area contributed by atoms with E-state index >= 15 is 0 Å². The molecule has 5 aromatic carbocycles. The summed E-state index contributed by atoms with van der Waals surface area (Å²) in [7, 11) is 0. The van der Waals surface area contributed by atoms with Gasteiger partial charge in [-0.15, -0.1) is 0 Å². The van der Waals surface area contributed by atoms with E-state index in [1.807, 2.05) is 42.5 Å². The fourth-order valence-electron chi connectivity index (χ4n) is 6.05. The lowest BCUT2D eigenvalue weighted by molar-refractivity contribution is 0.621. The highest BCUT2D eigenvalue weighted by atomic mass is 15.1. The molecule has 7 aromatic rings. The van der Waals surface area contributed by atoms with Crippen LogP contribution >= 0.6 is 0 Å². The molecule has 2 aromatic heterocycles. The van der Waals surface area contributed by atoms with E-state index in [-0.39, 0.29) is 5.41 Å². The fraction of sp³-hybridized carbons (Fsp3) is 0.0811. The molecule has 0 saturated carbocycles. The highest BCUT2D eigenvalue weighted by Gasteiger charge is 2.40. The molecule has 5 nitrogen and oxygen atoms in total. The van der Waals surface area contributed by atoms with Gasteiger partial charge in [0.05, 0.1) is 22.1 Å². The maximum atomic E-state index is 5.11. The van der Waals surface area contributed by atoms with E-state index in [0.29, 0.717) is 17.5 Å². The number of aromatic nitrogens is 5. The number of fused-ring (bicyclic) bond motifs is 5. The van der Waals surface area contributed by atoms with Gasteiger partial charge in [-0.2, -0.15) is 0 Å². The first-order valence-electron chi connectivity index (χ1n) is 14.2. The van der Waals surface area contributed by atoms with Gasteiger partial charge in [0, 0.05) is 16.7 Å². The molecule has 8 rings (SSSR count). The van der Waals surface area contributed by atoms with Crippen molar-refractivity contribution in [3.63, 3.8) is 0 Å². The number of nitrogens with zero attached hydrogens (tertiary/aromatic N) is 5. The first kappa shape index (κ1) is 24.4. The van der Waals surface area contributed by atoms with Gasteiger partial charge in [0.1, 0.15) is 5.82 Å². The minimum atomic E-state index is -0.268. The minimum absolute atomic E-state index is 0.268.